The maximum absolute atomic E-state index is 5.79. The van der Waals surface area contributed by atoms with E-state index in [-0.39, 0.29) is 0 Å². The number of hydrogen-bond acceptors (Lipinski definition) is 5. The Morgan fingerprint density at radius 1 is 1.33 bits per heavy atom. The maximum atomic E-state index is 5.79. The summed E-state index contributed by atoms with van der Waals surface area (Å²) >= 11 is 7.53. The van der Waals surface area contributed by atoms with Crippen LogP contribution in [0, 0.1) is 0 Å². The average Bonchev–Trinajstić information content (AvgIpc) is 3.17. The van der Waals surface area contributed by atoms with E-state index in [2.05, 4.69) is 20.2 Å². The molecule has 4 nitrogen and oxygen atoms in total. The number of ether oxygens (including phenoxy) is 1. The lowest BCUT2D eigenvalue weighted by molar-refractivity contribution is 0.0185. The molecule has 1 aromatic heterocycles. The summed E-state index contributed by atoms with van der Waals surface area (Å²) in [7, 11) is 0. The minimum absolute atomic E-state index is 0.532. The first-order valence-electron chi connectivity index (χ1n) is 7.88. The van der Waals surface area contributed by atoms with E-state index in [1.54, 1.807) is 11.3 Å². The zero-order chi connectivity index (χ0) is 14.5. The van der Waals surface area contributed by atoms with Crippen LogP contribution in [0.2, 0.25) is 0 Å². The van der Waals surface area contributed by atoms with E-state index in [9.17, 15) is 0 Å². The second-order valence-electron chi connectivity index (χ2n) is 5.86. The Bertz CT molecular complexity index is 436. The molecule has 0 aromatic carbocycles. The summed E-state index contributed by atoms with van der Waals surface area (Å²) in [5.41, 5.74) is 1.02. The van der Waals surface area contributed by atoms with Crippen LogP contribution in [-0.2, 0) is 17.0 Å². The molecule has 3 heterocycles. The summed E-state index contributed by atoms with van der Waals surface area (Å²) in [4.78, 5) is 9.74. The molecular formula is C15H24ClN3OS. The topological polar surface area (TPSA) is 28.6 Å². The monoisotopic (exact) mass is 329 g/mol. The predicted molar refractivity (Wildman–Crippen MR) is 87.2 cm³/mol. The SMILES string of the molecule is ClCc1csc(CCCN2CCC(N3CCOCC3)C2)n1. The molecule has 0 bridgehead atoms. The predicted octanol–water partition coefficient (Wildman–Crippen LogP) is 2.22. The first-order valence-corrected chi connectivity index (χ1v) is 9.30. The molecule has 3 rings (SSSR count). The third-order valence-corrected chi connectivity index (χ3v) is 5.64. The van der Waals surface area contributed by atoms with Gasteiger partial charge in [-0.2, -0.15) is 0 Å². The van der Waals surface area contributed by atoms with Crippen molar-refractivity contribution < 1.29 is 4.74 Å². The minimum atomic E-state index is 0.532. The number of aryl methyl sites for hydroxylation is 1. The van der Waals surface area contributed by atoms with Crippen LogP contribution in [0.5, 0.6) is 0 Å². The van der Waals surface area contributed by atoms with Crippen LogP contribution in [0.4, 0.5) is 0 Å². The van der Waals surface area contributed by atoms with Gasteiger partial charge in [0.2, 0.25) is 0 Å². The molecule has 2 saturated heterocycles. The van der Waals surface area contributed by atoms with Gasteiger partial charge in [-0.3, -0.25) is 4.90 Å². The van der Waals surface area contributed by atoms with E-state index in [1.165, 1.54) is 37.5 Å². The summed E-state index contributed by atoms with van der Waals surface area (Å²) in [6.07, 6.45) is 3.60. The zero-order valence-corrected chi connectivity index (χ0v) is 14.0. The highest BCUT2D eigenvalue weighted by atomic mass is 35.5. The Labute approximate surface area is 136 Å². The van der Waals surface area contributed by atoms with E-state index >= 15 is 0 Å². The summed E-state index contributed by atoms with van der Waals surface area (Å²) in [5.74, 6) is 0.532. The van der Waals surface area contributed by atoms with Crippen LogP contribution >= 0.6 is 22.9 Å². The second kappa shape index (κ2) is 7.88. The molecular weight excluding hydrogens is 306 g/mol. The fourth-order valence-electron chi connectivity index (χ4n) is 3.23. The van der Waals surface area contributed by atoms with E-state index in [4.69, 9.17) is 16.3 Å². The molecule has 2 fully saturated rings. The summed E-state index contributed by atoms with van der Waals surface area (Å²) in [6, 6.07) is 0.747. The van der Waals surface area contributed by atoms with E-state index < -0.39 is 0 Å². The van der Waals surface area contributed by atoms with Crippen molar-refractivity contribution in [1.29, 1.82) is 0 Å². The normalized spacial score (nSPS) is 24.7. The Balaban J connectivity index is 1.36. The van der Waals surface area contributed by atoms with Crippen LogP contribution in [0.1, 0.15) is 23.5 Å². The van der Waals surface area contributed by atoms with Crippen LogP contribution in [0.15, 0.2) is 5.38 Å². The molecule has 0 amide bonds. The van der Waals surface area contributed by atoms with Gasteiger partial charge < -0.3 is 9.64 Å². The molecule has 1 aromatic rings. The number of halogens is 1. The smallest absolute Gasteiger partial charge is 0.0929 e. The fourth-order valence-corrected chi connectivity index (χ4v) is 4.30. The first-order chi connectivity index (χ1) is 10.3. The first kappa shape index (κ1) is 15.7. The molecule has 0 radical (unpaired) electrons. The summed E-state index contributed by atoms with van der Waals surface area (Å²) < 4.78 is 5.44. The number of alkyl halides is 1. The number of nitrogens with zero attached hydrogens (tertiary/aromatic N) is 3. The van der Waals surface area contributed by atoms with Crippen molar-refractivity contribution in [3.8, 4) is 0 Å². The molecule has 0 aliphatic carbocycles. The van der Waals surface area contributed by atoms with E-state index in [0.717, 1.165) is 44.5 Å². The lowest BCUT2D eigenvalue weighted by Gasteiger charge is -2.32. The van der Waals surface area contributed by atoms with E-state index in [0.29, 0.717) is 5.88 Å². The lowest BCUT2D eigenvalue weighted by Crippen LogP contribution is -2.44. The molecule has 1 atom stereocenters. The highest BCUT2D eigenvalue weighted by Gasteiger charge is 2.28. The number of aromatic nitrogens is 1. The number of rotatable bonds is 6. The molecule has 1 unspecified atom stereocenters. The van der Waals surface area contributed by atoms with Crippen molar-refractivity contribution in [1.82, 2.24) is 14.8 Å². The second-order valence-corrected chi connectivity index (χ2v) is 7.07. The molecule has 21 heavy (non-hydrogen) atoms. The third-order valence-electron chi connectivity index (χ3n) is 4.41. The standard InChI is InChI=1S/C15H24ClN3OS/c16-10-13-12-21-15(17-13)2-1-4-18-5-3-14(11-18)19-6-8-20-9-7-19/h12,14H,1-11H2. The number of thiazole rings is 1. The van der Waals surface area contributed by atoms with Crippen LogP contribution < -0.4 is 0 Å². The van der Waals surface area contributed by atoms with Crippen molar-refractivity contribution in [2.75, 3.05) is 45.9 Å². The molecule has 118 valence electrons. The van der Waals surface area contributed by atoms with Crippen molar-refractivity contribution >= 4 is 22.9 Å². The number of hydrogen-bond donors (Lipinski definition) is 0. The molecule has 2 aliphatic rings. The zero-order valence-electron chi connectivity index (χ0n) is 12.5. The van der Waals surface area contributed by atoms with E-state index in [1.807, 2.05) is 0 Å². The Morgan fingerprint density at radius 3 is 2.95 bits per heavy atom. The number of morpholine rings is 1. The molecule has 0 N–H and O–H groups in total. The van der Waals surface area contributed by atoms with Crippen LogP contribution in [0.25, 0.3) is 0 Å². The van der Waals surface area contributed by atoms with Crippen LogP contribution in [-0.4, -0.2) is 66.8 Å². The van der Waals surface area contributed by atoms with Gasteiger partial charge >= 0.3 is 0 Å². The Kier molecular flexibility index (Phi) is 5.89. The van der Waals surface area contributed by atoms with Crippen molar-refractivity contribution in [3.63, 3.8) is 0 Å². The van der Waals surface area contributed by atoms with Crippen molar-refractivity contribution in [2.45, 2.75) is 31.2 Å². The average molecular weight is 330 g/mol. The highest BCUT2D eigenvalue weighted by Crippen LogP contribution is 2.18. The maximum Gasteiger partial charge on any atom is 0.0929 e. The minimum Gasteiger partial charge on any atom is -0.379 e. The van der Waals surface area contributed by atoms with Crippen molar-refractivity contribution in [3.05, 3.63) is 16.1 Å². The van der Waals surface area contributed by atoms with Gasteiger partial charge in [0, 0.05) is 37.5 Å². The fraction of sp³-hybridized carbons (Fsp3) is 0.800. The molecule has 0 saturated carbocycles. The lowest BCUT2D eigenvalue weighted by atomic mass is 10.2. The van der Waals surface area contributed by atoms with Crippen LogP contribution in [0.3, 0.4) is 0 Å². The van der Waals surface area contributed by atoms with Gasteiger partial charge in [-0.05, 0) is 25.9 Å². The summed E-state index contributed by atoms with van der Waals surface area (Å²) in [5, 5.41) is 3.31. The quantitative estimate of drug-likeness (QED) is 0.748. The van der Waals surface area contributed by atoms with Crippen molar-refractivity contribution in [2.24, 2.45) is 0 Å². The Morgan fingerprint density at radius 2 is 2.19 bits per heavy atom. The molecule has 6 heteroatoms. The largest absolute Gasteiger partial charge is 0.379 e. The highest BCUT2D eigenvalue weighted by molar-refractivity contribution is 7.09. The van der Waals surface area contributed by atoms with Gasteiger partial charge in [-0.15, -0.1) is 22.9 Å². The van der Waals surface area contributed by atoms with Gasteiger partial charge in [0.25, 0.3) is 0 Å². The summed E-state index contributed by atoms with van der Waals surface area (Å²) in [6.45, 7) is 7.69. The molecule has 2 aliphatic heterocycles. The Hall–Kier alpha value is -0.200. The third kappa shape index (κ3) is 4.39. The van der Waals surface area contributed by atoms with Gasteiger partial charge in [-0.25, -0.2) is 4.98 Å². The van der Waals surface area contributed by atoms with Gasteiger partial charge in [0.1, 0.15) is 0 Å². The van der Waals surface area contributed by atoms with Gasteiger partial charge in [0.15, 0.2) is 0 Å². The molecule has 0 spiro atoms. The number of likely N-dealkylation sites (tertiary alicyclic amines) is 1. The van der Waals surface area contributed by atoms with Gasteiger partial charge in [0.05, 0.1) is 29.8 Å². The van der Waals surface area contributed by atoms with Gasteiger partial charge in [-0.1, -0.05) is 0 Å².